The van der Waals surface area contributed by atoms with Gasteiger partial charge in [0.15, 0.2) is 0 Å². The van der Waals surface area contributed by atoms with Crippen LogP contribution < -0.4 is 0 Å². The second kappa shape index (κ2) is 11.1. The Bertz CT molecular complexity index is 159. The standard InChI is InChI=1S/C8H14S6/c1-3-11-7(9)13-5-6-14-8(10)12-4-2/h3-6H2,1-2H3. The molecule has 0 heterocycles. The number of hydrogen-bond acceptors (Lipinski definition) is 6. The van der Waals surface area contributed by atoms with Crippen LogP contribution in [0.15, 0.2) is 0 Å². The molecule has 0 atom stereocenters. The molecule has 0 aliphatic carbocycles. The van der Waals surface area contributed by atoms with Gasteiger partial charge in [-0.1, -0.05) is 38.3 Å². The van der Waals surface area contributed by atoms with Crippen LogP contribution in [0, 0.1) is 0 Å². The molecule has 0 radical (unpaired) electrons. The summed E-state index contributed by atoms with van der Waals surface area (Å²) in [6, 6.07) is 0. The Morgan fingerprint density at radius 2 is 1.14 bits per heavy atom. The van der Waals surface area contributed by atoms with E-state index in [1.54, 1.807) is 47.0 Å². The van der Waals surface area contributed by atoms with Crippen LogP contribution >= 0.6 is 71.5 Å². The molecule has 0 saturated heterocycles. The van der Waals surface area contributed by atoms with Crippen molar-refractivity contribution in [1.82, 2.24) is 0 Å². The lowest BCUT2D eigenvalue weighted by Crippen LogP contribution is -1.91. The quantitative estimate of drug-likeness (QED) is 0.537. The highest BCUT2D eigenvalue weighted by Gasteiger charge is 1.99. The van der Waals surface area contributed by atoms with E-state index >= 15 is 0 Å². The molecule has 0 nitrogen and oxygen atoms in total. The van der Waals surface area contributed by atoms with Crippen molar-refractivity contribution in [2.75, 3.05) is 23.0 Å². The molecular formula is C8H14S6. The van der Waals surface area contributed by atoms with E-state index in [1.165, 1.54) is 0 Å². The van der Waals surface area contributed by atoms with Crippen molar-refractivity contribution in [2.45, 2.75) is 13.8 Å². The molecule has 0 aromatic carbocycles. The highest BCUT2D eigenvalue weighted by atomic mass is 32.2. The fraction of sp³-hybridized carbons (Fsp3) is 0.750. The van der Waals surface area contributed by atoms with Gasteiger partial charge in [-0.05, 0) is 11.5 Å². The molecule has 0 saturated carbocycles. The van der Waals surface area contributed by atoms with Crippen LogP contribution in [0.2, 0.25) is 0 Å². The summed E-state index contributed by atoms with van der Waals surface area (Å²) in [6.07, 6.45) is 0. The summed E-state index contributed by atoms with van der Waals surface area (Å²) < 4.78 is 2.12. The molecule has 0 aromatic heterocycles. The third kappa shape index (κ3) is 10.1. The first-order valence-corrected chi connectivity index (χ1v) is 9.05. The fourth-order valence-corrected chi connectivity index (χ4v) is 5.12. The summed E-state index contributed by atoms with van der Waals surface area (Å²) in [6.45, 7) is 4.25. The lowest BCUT2D eigenvalue weighted by molar-refractivity contribution is 1.54. The Hall–Kier alpha value is 1.58. The molecule has 0 aliphatic heterocycles. The predicted octanol–water partition coefficient (Wildman–Crippen LogP) is 4.53. The minimum absolute atomic E-state index is 1.06. The van der Waals surface area contributed by atoms with Gasteiger partial charge in [-0.2, -0.15) is 0 Å². The molecule has 82 valence electrons. The maximum atomic E-state index is 5.16. The van der Waals surface area contributed by atoms with E-state index in [1.807, 2.05) is 0 Å². The smallest absolute Gasteiger partial charge is 0.104 e. The molecular weight excluding hydrogens is 288 g/mol. The SMILES string of the molecule is CCSC(=S)SCCSC(=S)SCC. The van der Waals surface area contributed by atoms with Crippen LogP contribution in [0.25, 0.3) is 0 Å². The predicted molar refractivity (Wildman–Crippen MR) is 86.4 cm³/mol. The molecule has 0 amide bonds. The molecule has 14 heavy (non-hydrogen) atoms. The van der Waals surface area contributed by atoms with Crippen LogP contribution in [0.1, 0.15) is 13.8 Å². The van der Waals surface area contributed by atoms with Crippen molar-refractivity contribution in [3.05, 3.63) is 0 Å². The van der Waals surface area contributed by atoms with Gasteiger partial charge < -0.3 is 0 Å². The van der Waals surface area contributed by atoms with Crippen LogP contribution in [-0.2, 0) is 0 Å². The van der Waals surface area contributed by atoms with E-state index < -0.39 is 0 Å². The molecule has 0 spiro atoms. The van der Waals surface area contributed by atoms with Gasteiger partial charge in [0.25, 0.3) is 0 Å². The van der Waals surface area contributed by atoms with Crippen LogP contribution in [0.5, 0.6) is 0 Å². The maximum absolute atomic E-state index is 5.16. The van der Waals surface area contributed by atoms with Crippen molar-refractivity contribution >= 4 is 78.5 Å². The van der Waals surface area contributed by atoms with Crippen LogP contribution in [0.3, 0.4) is 0 Å². The fourth-order valence-electron chi connectivity index (χ4n) is 0.569. The lowest BCUT2D eigenvalue weighted by Gasteiger charge is -2.02. The van der Waals surface area contributed by atoms with E-state index in [-0.39, 0.29) is 0 Å². The molecule has 0 aliphatic rings. The summed E-state index contributed by atoms with van der Waals surface area (Å²) in [4.78, 5) is 0. The van der Waals surface area contributed by atoms with E-state index in [4.69, 9.17) is 24.4 Å². The number of thiocarbonyl (C=S) groups is 2. The van der Waals surface area contributed by atoms with Crippen molar-refractivity contribution in [2.24, 2.45) is 0 Å². The Labute approximate surface area is 115 Å². The van der Waals surface area contributed by atoms with Gasteiger partial charge in [-0.15, -0.1) is 47.0 Å². The van der Waals surface area contributed by atoms with Gasteiger partial charge in [-0.25, -0.2) is 0 Å². The highest BCUT2D eigenvalue weighted by Crippen LogP contribution is 2.21. The monoisotopic (exact) mass is 302 g/mol. The second-order valence-corrected chi connectivity index (χ2v) is 9.19. The largest absolute Gasteiger partial charge is 0.108 e. The summed E-state index contributed by atoms with van der Waals surface area (Å²) >= 11 is 17.4. The zero-order valence-corrected chi connectivity index (χ0v) is 13.2. The van der Waals surface area contributed by atoms with E-state index in [0.717, 1.165) is 30.1 Å². The Kier molecular flexibility index (Phi) is 12.3. The zero-order chi connectivity index (χ0) is 10.8. The topological polar surface area (TPSA) is 0 Å². The van der Waals surface area contributed by atoms with Gasteiger partial charge >= 0.3 is 0 Å². The van der Waals surface area contributed by atoms with E-state index in [9.17, 15) is 0 Å². The van der Waals surface area contributed by atoms with Crippen molar-refractivity contribution < 1.29 is 0 Å². The van der Waals surface area contributed by atoms with Gasteiger partial charge in [0, 0.05) is 11.5 Å². The normalized spacial score (nSPS) is 10.1. The summed E-state index contributed by atoms with van der Waals surface area (Å²) in [5.74, 6) is 4.29. The highest BCUT2D eigenvalue weighted by molar-refractivity contribution is 8.48. The van der Waals surface area contributed by atoms with Gasteiger partial charge in [0.2, 0.25) is 0 Å². The minimum atomic E-state index is 1.06. The van der Waals surface area contributed by atoms with Gasteiger partial charge in [0.1, 0.15) is 7.06 Å². The first-order chi connectivity index (χ1) is 6.70. The Balaban J connectivity index is 3.28. The van der Waals surface area contributed by atoms with E-state index in [0.29, 0.717) is 0 Å². The van der Waals surface area contributed by atoms with E-state index in [2.05, 4.69) is 13.8 Å². The van der Waals surface area contributed by atoms with Crippen molar-refractivity contribution in [3.63, 3.8) is 0 Å². The maximum Gasteiger partial charge on any atom is 0.104 e. The zero-order valence-electron chi connectivity index (χ0n) is 8.28. The van der Waals surface area contributed by atoms with Gasteiger partial charge in [-0.3, -0.25) is 0 Å². The summed E-state index contributed by atoms with van der Waals surface area (Å²) in [5, 5.41) is 0. The number of hydrogen-bond donors (Lipinski definition) is 0. The minimum Gasteiger partial charge on any atom is -0.108 e. The number of thioether (sulfide) groups is 4. The van der Waals surface area contributed by atoms with Crippen molar-refractivity contribution in [1.29, 1.82) is 0 Å². The summed E-state index contributed by atoms with van der Waals surface area (Å²) in [7, 11) is 0. The third-order valence-electron chi connectivity index (χ3n) is 1.05. The molecule has 0 fully saturated rings. The van der Waals surface area contributed by atoms with Crippen molar-refractivity contribution in [3.8, 4) is 0 Å². The first-order valence-electron chi connectivity index (χ1n) is 4.29. The Morgan fingerprint density at radius 1 is 0.786 bits per heavy atom. The molecule has 0 aromatic rings. The molecule has 0 unspecified atom stereocenters. The second-order valence-electron chi connectivity index (χ2n) is 2.06. The lowest BCUT2D eigenvalue weighted by atomic mass is 11.0. The average molecular weight is 303 g/mol. The molecule has 0 bridgehead atoms. The molecule has 6 heteroatoms. The Morgan fingerprint density at radius 3 is 1.43 bits per heavy atom. The molecule has 0 N–H and O–H groups in total. The molecule has 0 rings (SSSR count). The van der Waals surface area contributed by atoms with Gasteiger partial charge in [0.05, 0.1) is 0 Å². The van der Waals surface area contributed by atoms with Crippen LogP contribution in [0.4, 0.5) is 0 Å². The number of rotatable bonds is 5. The van der Waals surface area contributed by atoms with Crippen LogP contribution in [-0.4, -0.2) is 30.1 Å². The first kappa shape index (κ1) is 15.6. The third-order valence-corrected chi connectivity index (χ3v) is 6.47. The summed E-state index contributed by atoms with van der Waals surface area (Å²) in [5.41, 5.74) is 0. The average Bonchev–Trinajstić information content (AvgIpc) is 2.13.